The van der Waals surface area contributed by atoms with E-state index in [2.05, 4.69) is 34.6 Å². The fourth-order valence-electron chi connectivity index (χ4n) is 2.78. The van der Waals surface area contributed by atoms with Gasteiger partial charge in [-0.05, 0) is 38.0 Å². The van der Waals surface area contributed by atoms with E-state index in [0.29, 0.717) is 5.41 Å². The summed E-state index contributed by atoms with van der Waals surface area (Å²) in [4.78, 5) is 0. The average molecular weight is 228 g/mol. The molecule has 2 heteroatoms. The van der Waals surface area contributed by atoms with Crippen LogP contribution in [0.15, 0.2) is 0 Å². The molecule has 0 aromatic carbocycles. The first-order chi connectivity index (χ1) is 7.43. The molecule has 1 aliphatic rings. The minimum absolute atomic E-state index is 0.273. The quantitative estimate of drug-likeness (QED) is 0.677. The van der Waals surface area contributed by atoms with Crippen molar-refractivity contribution in [2.75, 3.05) is 13.2 Å². The third-order valence-electron chi connectivity index (χ3n) is 3.79. The van der Waals surface area contributed by atoms with Gasteiger partial charge in [-0.15, -0.1) is 0 Å². The van der Waals surface area contributed by atoms with Gasteiger partial charge in [0, 0.05) is 26.1 Å². The first-order valence-corrected chi connectivity index (χ1v) is 6.71. The van der Waals surface area contributed by atoms with Crippen molar-refractivity contribution >= 4 is 0 Å². The fourth-order valence-corrected chi connectivity index (χ4v) is 2.78. The highest BCUT2D eigenvalue weighted by molar-refractivity contribution is 4.85. The molecule has 1 rings (SSSR count). The predicted octanol–water partition coefficient (Wildman–Crippen LogP) is 3.99. The summed E-state index contributed by atoms with van der Waals surface area (Å²) in [5.74, 6) is 0.534. The average Bonchev–Trinajstić information content (AvgIpc) is 2.17. The van der Waals surface area contributed by atoms with Crippen molar-refractivity contribution in [1.82, 2.24) is 0 Å². The summed E-state index contributed by atoms with van der Waals surface area (Å²) in [5.41, 5.74) is 0.421. The van der Waals surface area contributed by atoms with E-state index in [-0.39, 0.29) is 5.79 Å². The molecule has 96 valence electrons. The molecule has 0 aliphatic heterocycles. The number of rotatable bonds is 4. The summed E-state index contributed by atoms with van der Waals surface area (Å²) in [5, 5.41) is 0. The minimum Gasteiger partial charge on any atom is -0.350 e. The summed E-state index contributed by atoms with van der Waals surface area (Å²) in [6.45, 7) is 12.6. The Bertz CT molecular complexity index is 189. The number of hydrogen-bond acceptors (Lipinski definition) is 2. The summed E-state index contributed by atoms with van der Waals surface area (Å²) in [6, 6.07) is 0. The lowest BCUT2D eigenvalue weighted by molar-refractivity contribution is -0.254. The van der Waals surface area contributed by atoms with E-state index >= 15 is 0 Å². The Morgan fingerprint density at radius 3 is 1.75 bits per heavy atom. The summed E-state index contributed by atoms with van der Waals surface area (Å²) in [7, 11) is 0. The van der Waals surface area contributed by atoms with E-state index in [0.717, 1.165) is 32.0 Å². The molecule has 2 nitrogen and oxygen atoms in total. The van der Waals surface area contributed by atoms with Crippen LogP contribution in [0.4, 0.5) is 0 Å². The molecule has 0 unspecified atom stereocenters. The van der Waals surface area contributed by atoms with Crippen molar-refractivity contribution in [3.8, 4) is 0 Å². The molecule has 0 bridgehead atoms. The Morgan fingerprint density at radius 2 is 1.44 bits per heavy atom. The van der Waals surface area contributed by atoms with Crippen LogP contribution in [0.25, 0.3) is 0 Å². The number of hydrogen-bond donors (Lipinski definition) is 0. The second-order valence-corrected chi connectivity index (χ2v) is 5.92. The lowest BCUT2D eigenvalue weighted by Gasteiger charge is -2.43. The molecular formula is C14H28O2. The van der Waals surface area contributed by atoms with E-state index in [1.165, 1.54) is 12.8 Å². The summed E-state index contributed by atoms with van der Waals surface area (Å²) < 4.78 is 11.7. The maximum Gasteiger partial charge on any atom is 0.168 e. The fraction of sp³-hybridized carbons (Fsp3) is 1.00. The van der Waals surface area contributed by atoms with E-state index < -0.39 is 0 Å². The maximum atomic E-state index is 5.85. The standard InChI is InChI=1S/C14H28O2/c1-6-15-14(16-7-2)10-8-12(9-11-14)13(3,4)5/h12H,6-11H2,1-5H3. The molecule has 0 heterocycles. The van der Waals surface area contributed by atoms with Gasteiger partial charge >= 0.3 is 0 Å². The van der Waals surface area contributed by atoms with Crippen molar-refractivity contribution < 1.29 is 9.47 Å². The van der Waals surface area contributed by atoms with Crippen LogP contribution in [-0.2, 0) is 9.47 Å². The molecule has 0 saturated heterocycles. The molecule has 0 aromatic heterocycles. The molecule has 1 aliphatic carbocycles. The van der Waals surface area contributed by atoms with Crippen LogP contribution in [0.3, 0.4) is 0 Å². The Kier molecular flexibility index (Phi) is 4.81. The lowest BCUT2D eigenvalue weighted by atomic mass is 9.71. The summed E-state index contributed by atoms with van der Waals surface area (Å²) >= 11 is 0. The molecule has 0 N–H and O–H groups in total. The van der Waals surface area contributed by atoms with Gasteiger partial charge in [0.25, 0.3) is 0 Å². The Balaban J connectivity index is 2.55. The van der Waals surface area contributed by atoms with Gasteiger partial charge in [-0.2, -0.15) is 0 Å². The van der Waals surface area contributed by atoms with Gasteiger partial charge in [0.1, 0.15) is 0 Å². The molecule has 0 atom stereocenters. The minimum atomic E-state index is -0.273. The van der Waals surface area contributed by atoms with Crippen LogP contribution in [0.1, 0.15) is 60.3 Å². The Labute approximate surface area is 101 Å². The predicted molar refractivity (Wildman–Crippen MR) is 67.4 cm³/mol. The van der Waals surface area contributed by atoms with Crippen LogP contribution >= 0.6 is 0 Å². The molecular weight excluding hydrogens is 200 g/mol. The molecule has 16 heavy (non-hydrogen) atoms. The van der Waals surface area contributed by atoms with Crippen LogP contribution in [0.2, 0.25) is 0 Å². The van der Waals surface area contributed by atoms with Gasteiger partial charge in [-0.3, -0.25) is 0 Å². The highest BCUT2D eigenvalue weighted by Crippen LogP contribution is 2.43. The number of ether oxygens (including phenoxy) is 2. The largest absolute Gasteiger partial charge is 0.350 e. The van der Waals surface area contributed by atoms with Gasteiger partial charge in [0.15, 0.2) is 5.79 Å². The molecule has 1 fully saturated rings. The molecule has 0 radical (unpaired) electrons. The van der Waals surface area contributed by atoms with E-state index in [1.807, 2.05) is 0 Å². The van der Waals surface area contributed by atoms with E-state index in [9.17, 15) is 0 Å². The topological polar surface area (TPSA) is 18.5 Å². The van der Waals surface area contributed by atoms with Crippen LogP contribution < -0.4 is 0 Å². The first-order valence-electron chi connectivity index (χ1n) is 6.71. The van der Waals surface area contributed by atoms with Crippen LogP contribution in [0.5, 0.6) is 0 Å². The van der Waals surface area contributed by atoms with Gasteiger partial charge in [0.05, 0.1) is 0 Å². The van der Waals surface area contributed by atoms with Gasteiger partial charge in [-0.1, -0.05) is 20.8 Å². The SMILES string of the molecule is CCOC1(OCC)CCC(C(C)(C)C)CC1. The van der Waals surface area contributed by atoms with Crippen molar-refractivity contribution in [2.45, 2.75) is 66.1 Å². The zero-order valence-corrected chi connectivity index (χ0v) is 11.6. The van der Waals surface area contributed by atoms with Gasteiger partial charge in [0.2, 0.25) is 0 Å². The smallest absolute Gasteiger partial charge is 0.168 e. The van der Waals surface area contributed by atoms with Gasteiger partial charge in [-0.25, -0.2) is 0 Å². The Morgan fingerprint density at radius 1 is 1.00 bits per heavy atom. The van der Waals surface area contributed by atoms with Gasteiger partial charge < -0.3 is 9.47 Å². The van der Waals surface area contributed by atoms with Crippen molar-refractivity contribution in [1.29, 1.82) is 0 Å². The van der Waals surface area contributed by atoms with Crippen molar-refractivity contribution in [3.63, 3.8) is 0 Å². The second kappa shape index (κ2) is 5.50. The maximum absolute atomic E-state index is 5.85. The third kappa shape index (κ3) is 3.46. The molecule has 0 spiro atoms. The van der Waals surface area contributed by atoms with Crippen molar-refractivity contribution in [3.05, 3.63) is 0 Å². The first kappa shape index (κ1) is 14.0. The normalized spacial score (nSPS) is 22.3. The highest BCUT2D eigenvalue weighted by atomic mass is 16.7. The lowest BCUT2D eigenvalue weighted by Crippen LogP contribution is -2.42. The molecule has 0 aromatic rings. The zero-order chi connectivity index (χ0) is 12.2. The van der Waals surface area contributed by atoms with Crippen molar-refractivity contribution in [2.24, 2.45) is 11.3 Å². The third-order valence-corrected chi connectivity index (χ3v) is 3.79. The van der Waals surface area contributed by atoms with Crippen LogP contribution in [-0.4, -0.2) is 19.0 Å². The monoisotopic (exact) mass is 228 g/mol. The zero-order valence-electron chi connectivity index (χ0n) is 11.6. The second-order valence-electron chi connectivity index (χ2n) is 5.92. The Hall–Kier alpha value is -0.0800. The van der Waals surface area contributed by atoms with Crippen LogP contribution in [0, 0.1) is 11.3 Å². The summed E-state index contributed by atoms with van der Waals surface area (Å²) in [6.07, 6.45) is 4.56. The highest BCUT2D eigenvalue weighted by Gasteiger charge is 2.39. The van der Waals surface area contributed by atoms with E-state index in [4.69, 9.17) is 9.47 Å². The van der Waals surface area contributed by atoms with E-state index in [1.54, 1.807) is 0 Å². The molecule has 1 saturated carbocycles. The molecule has 0 amide bonds.